The topological polar surface area (TPSA) is 52.6 Å². The maximum absolute atomic E-state index is 14.2. The molecule has 0 amide bonds. The van der Waals surface area contributed by atoms with E-state index in [9.17, 15) is 57.9 Å². The molecule has 0 spiro atoms. The average Bonchev–Trinajstić information content (AvgIpc) is 2.57. The van der Waals surface area contributed by atoms with E-state index in [1.54, 1.807) is 0 Å². The van der Waals surface area contributed by atoms with Crippen molar-refractivity contribution in [3.8, 4) is 0 Å². The number of hydrogen-bond acceptors (Lipinski definition) is 4. The fourth-order valence-corrected chi connectivity index (χ4v) is 2.12. The van der Waals surface area contributed by atoms with Gasteiger partial charge in [0.25, 0.3) is 5.67 Å². The summed E-state index contributed by atoms with van der Waals surface area (Å²) in [6.07, 6.45) is -1.09. The zero-order valence-electron chi connectivity index (χ0n) is 14.5. The Bertz CT molecular complexity index is 630. The second kappa shape index (κ2) is 7.15. The van der Waals surface area contributed by atoms with Crippen LogP contribution < -0.4 is 0 Å². The van der Waals surface area contributed by atoms with Gasteiger partial charge < -0.3 is 9.47 Å². The lowest BCUT2D eigenvalue weighted by Crippen LogP contribution is -2.84. The summed E-state index contributed by atoms with van der Waals surface area (Å²) >= 11 is 0. The lowest BCUT2D eigenvalue weighted by Gasteiger charge is -2.52. The van der Waals surface area contributed by atoms with Gasteiger partial charge in [-0.05, 0) is 0 Å². The molecule has 1 rings (SSSR count). The van der Waals surface area contributed by atoms with Crippen molar-refractivity contribution in [2.75, 3.05) is 13.2 Å². The van der Waals surface area contributed by atoms with E-state index in [4.69, 9.17) is 0 Å². The van der Waals surface area contributed by atoms with Gasteiger partial charge in [-0.3, -0.25) is 9.59 Å². The summed E-state index contributed by atoms with van der Waals surface area (Å²) < 4.78 is 156. The number of carbonyl (C=O) groups is 2. The van der Waals surface area contributed by atoms with Crippen molar-refractivity contribution in [1.82, 2.24) is 0 Å². The molecule has 0 aliphatic heterocycles. The number of alkyl halides is 11. The van der Waals surface area contributed by atoms with E-state index < -0.39 is 72.8 Å². The molecule has 0 bridgehead atoms. The van der Waals surface area contributed by atoms with Gasteiger partial charge in [-0.15, -0.1) is 0 Å². The minimum absolute atomic E-state index is 0.689. The molecular formula is C14H13F11O4. The first kappa shape index (κ1) is 25.2. The van der Waals surface area contributed by atoms with Gasteiger partial charge in [0.05, 0.1) is 12.3 Å². The van der Waals surface area contributed by atoms with E-state index in [1.807, 2.05) is 0 Å². The number of rotatable bonds is 6. The van der Waals surface area contributed by atoms with Crippen molar-refractivity contribution in [3.05, 3.63) is 0 Å². The minimum Gasteiger partial charge on any atom is -0.465 e. The summed E-state index contributed by atoms with van der Waals surface area (Å²) in [7, 11) is 0. The van der Waals surface area contributed by atoms with Crippen LogP contribution in [0.1, 0.15) is 20.3 Å². The molecule has 29 heavy (non-hydrogen) atoms. The summed E-state index contributed by atoms with van der Waals surface area (Å²) in [5, 5.41) is 0. The number of halogens is 11. The highest BCUT2D eigenvalue weighted by molar-refractivity contribution is 5.73. The third-order valence-corrected chi connectivity index (χ3v) is 4.03. The van der Waals surface area contributed by atoms with Gasteiger partial charge in [0, 0.05) is 0 Å². The lowest BCUT2D eigenvalue weighted by atomic mass is 9.72. The SMILES string of the molecule is CC(C)C(=O)OCCC(=O)OCC1(F)C(F)(F)C(F)(F)C(F)(F)C(F)(F)C1(F)F. The Kier molecular flexibility index (Phi) is 6.21. The summed E-state index contributed by atoms with van der Waals surface area (Å²) in [5.74, 6) is -39.5. The second-order valence-electron chi connectivity index (χ2n) is 6.41. The summed E-state index contributed by atoms with van der Waals surface area (Å²) in [6, 6.07) is 0. The molecule has 1 fully saturated rings. The third kappa shape index (κ3) is 3.29. The molecule has 1 aliphatic carbocycles. The molecule has 1 aliphatic rings. The number of carbonyl (C=O) groups excluding carboxylic acids is 2. The Balaban J connectivity index is 3.09. The first-order valence-corrected chi connectivity index (χ1v) is 7.62. The maximum atomic E-state index is 14.2. The van der Waals surface area contributed by atoms with Crippen molar-refractivity contribution in [2.24, 2.45) is 5.92 Å². The molecule has 0 aromatic rings. The average molecular weight is 454 g/mol. The molecular weight excluding hydrogens is 441 g/mol. The Labute approximate surface area is 155 Å². The molecule has 0 N–H and O–H groups in total. The zero-order chi connectivity index (χ0) is 23.3. The molecule has 15 heteroatoms. The van der Waals surface area contributed by atoms with Crippen LogP contribution in [0.4, 0.5) is 48.3 Å². The van der Waals surface area contributed by atoms with Crippen LogP contribution in [0.15, 0.2) is 0 Å². The monoisotopic (exact) mass is 454 g/mol. The van der Waals surface area contributed by atoms with E-state index in [0.717, 1.165) is 0 Å². The van der Waals surface area contributed by atoms with E-state index in [1.165, 1.54) is 13.8 Å². The lowest BCUT2D eigenvalue weighted by molar-refractivity contribution is -0.487. The van der Waals surface area contributed by atoms with Crippen LogP contribution in [0.3, 0.4) is 0 Å². The predicted molar refractivity (Wildman–Crippen MR) is 69.9 cm³/mol. The van der Waals surface area contributed by atoms with Gasteiger partial charge in [0.1, 0.15) is 13.2 Å². The number of ether oxygens (including phenoxy) is 2. The number of esters is 2. The Morgan fingerprint density at radius 3 is 1.45 bits per heavy atom. The summed E-state index contributed by atoms with van der Waals surface area (Å²) in [6.45, 7) is -1.23. The predicted octanol–water partition coefficient (Wildman–Crippen LogP) is 4.02. The molecule has 0 aromatic heterocycles. The largest absolute Gasteiger partial charge is 0.465 e. The Morgan fingerprint density at radius 1 is 0.690 bits per heavy atom. The maximum Gasteiger partial charge on any atom is 0.384 e. The molecule has 0 aromatic carbocycles. The van der Waals surface area contributed by atoms with Crippen LogP contribution in [0.5, 0.6) is 0 Å². The Morgan fingerprint density at radius 2 is 1.07 bits per heavy atom. The molecule has 0 radical (unpaired) electrons. The normalized spacial score (nSPS) is 25.3. The van der Waals surface area contributed by atoms with Gasteiger partial charge in [-0.1, -0.05) is 13.8 Å². The van der Waals surface area contributed by atoms with Gasteiger partial charge >= 0.3 is 41.6 Å². The first-order valence-electron chi connectivity index (χ1n) is 7.62. The van der Waals surface area contributed by atoms with Crippen molar-refractivity contribution in [3.63, 3.8) is 0 Å². The van der Waals surface area contributed by atoms with Crippen LogP contribution >= 0.6 is 0 Å². The highest BCUT2D eigenvalue weighted by Gasteiger charge is 3.01. The van der Waals surface area contributed by atoms with Crippen LogP contribution in [-0.4, -0.2) is 60.4 Å². The third-order valence-electron chi connectivity index (χ3n) is 4.03. The van der Waals surface area contributed by atoms with Gasteiger partial charge in [0.15, 0.2) is 0 Å². The molecule has 0 heterocycles. The molecule has 0 saturated heterocycles. The molecule has 0 unspecified atom stereocenters. The van der Waals surface area contributed by atoms with Crippen molar-refractivity contribution < 1.29 is 67.4 Å². The van der Waals surface area contributed by atoms with Crippen LogP contribution in [0.2, 0.25) is 0 Å². The van der Waals surface area contributed by atoms with Crippen molar-refractivity contribution >= 4 is 11.9 Å². The quantitative estimate of drug-likeness (QED) is 0.450. The summed E-state index contributed by atoms with van der Waals surface area (Å²) in [5.41, 5.74) is -6.39. The van der Waals surface area contributed by atoms with E-state index in [2.05, 4.69) is 9.47 Å². The van der Waals surface area contributed by atoms with Crippen LogP contribution in [0.25, 0.3) is 0 Å². The highest BCUT2D eigenvalue weighted by atomic mass is 19.4. The highest BCUT2D eigenvalue weighted by Crippen LogP contribution is 2.69. The van der Waals surface area contributed by atoms with Crippen molar-refractivity contribution in [2.45, 2.75) is 55.5 Å². The fourth-order valence-electron chi connectivity index (χ4n) is 2.12. The van der Waals surface area contributed by atoms with Gasteiger partial charge in [0.2, 0.25) is 0 Å². The molecule has 0 atom stereocenters. The van der Waals surface area contributed by atoms with Gasteiger partial charge in [-0.25, -0.2) is 4.39 Å². The van der Waals surface area contributed by atoms with E-state index >= 15 is 0 Å². The smallest absolute Gasteiger partial charge is 0.384 e. The van der Waals surface area contributed by atoms with Gasteiger partial charge in [-0.2, -0.15) is 43.9 Å². The molecule has 1 saturated carbocycles. The standard InChI is InChI=1S/C14H13F11O4/c1-6(2)8(27)28-4-3-7(26)29-5-9(15)10(16,17)12(20,21)14(24,25)13(22,23)11(9,18)19/h6H,3-5H2,1-2H3. The summed E-state index contributed by atoms with van der Waals surface area (Å²) in [4.78, 5) is 22.3. The van der Waals surface area contributed by atoms with Crippen LogP contribution in [-0.2, 0) is 19.1 Å². The fraction of sp³-hybridized carbons (Fsp3) is 0.857. The second-order valence-corrected chi connectivity index (χ2v) is 6.41. The zero-order valence-corrected chi connectivity index (χ0v) is 14.5. The van der Waals surface area contributed by atoms with Crippen molar-refractivity contribution in [1.29, 1.82) is 0 Å². The molecule has 170 valence electrons. The first-order chi connectivity index (χ1) is 12.7. The minimum atomic E-state index is -7.34. The van der Waals surface area contributed by atoms with E-state index in [0.29, 0.717) is 0 Å². The van der Waals surface area contributed by atoms with E-state index in [-0.39, 0.29) is 0 Å². The Hall–Kier alpha value is -1.83. The van der Waals surface area contributed by atoms with Crippen LogP contribution in [0, 0.1) is 5.92 Å². The molecule has 4 nitrogen and oxygen atoms in total. The number of hydrogen-bond donors (Lipinski definition) is 0.